The van der Waals surface area contributed by atoms with Gasteiger partial charge >= 0.3 is 0 Å². The molecule has 2 rings (SSSR count). The Bertz CT molecular complexity index is 388. The van der Waals surface area contributed by atoms with Crippen LogP contribution >= 0.6 is 11.3 Å². The van der Waals surface area contributed by atoms with Gasteiger partial charge in [0.25, 0.3) is 0 Å². The summed E-state index contributed by atoms with van der Waals surface area (Å²) in [5.41, 5.74) is 1.16. The molecule has 0 aromatic carbocycles. The van der Waals surface area contributed by atoms with Crippen LogP contribution < -0.4 is 5.32 Å². The molecule has 1 N–H and O–H groups in total. The van der Waals surface area contributed by atoms with Gasteiger partial charge in [0.05, 0.1) is 23.4 Å². The van der Waals surface area contributed by atoms with E-state index in [1.54, 1.807) is 0 Å². The first-order chi connectivity index (χ1) is 9.10. The van der Waals surface area contributed by atoms with E-state index < -0.39 is 0 Å². The van der Waals surface area contributed by atoms with Crippen LogP contribution in [0, 0.1) is 13.8 Å². The number of morpholine rings is 1. The Hall–Kier alpha value is -0.490. The largest absolute Gasteiger partial charge is 0.374 e. The van der Waals surface area contributed by atoms with Gasteiger partial charge in [-0.15, -0.1) is 11.3 Å². The van der Waals surface area contributed by atoms with Gasteiger partial charge in [-0.25, -0.2) is 4.98 Å². The highest BCUT2D eigenvalue weighted by molar-refractivity contribution is 7.11. The summed E-state index contributed by atoms with van der Waals surface area (Å²) in [6, 6.07) is 0.359. The molecular weight excluding hydrogens is 258 g/mol. The van der Waals surface area contributed by atoms with Crippen molar-refractivity contribution in [2.24, 2.45) is 0 Å². The number of nitrogens with one attached hydrogen (secondary N) is 1. The average Bonchev–Trinajstić information content (AvgIpc) is 2.68. The molecule has 1 aliphatic heterocycles. The smallest absolute Gasteiger partial charge is 0.0947 e. The number of rotatable bonds is 5. The van der Waals surface area contributed by atoms with Crippen LogP contribution in [0.1, 0.15) is 22.5 Å². The van der Waals surface area contributed by atoms with Crippen molar-refractivity contribution in [2.75, 3.05) is 33.3 Å². The molecule has 2 heterocycles. The van der Waals surface area contributed by atoms with Crippen LogP contribution in [0.5, 0.6) is 0 Å². The number of likely N-dealkylation sites (N-methyl/N-ethyl adjacent to an activating group) is 2. The maximum absolute atomic E-state index is 5.94. The lowest BCUT2D eigenvalue weighted by Crippen LogP contribution is -2.52. The summed E-state index contributed by atoms with van der Waals surface area (Å²) in [6.45, 7) is 10.2. The molecule has 2 atom stereocenters. The van der Waals surface area contributed by atoms with Crippen LogP contribution in [0.2, 0.25) is 0 Å². The van der Waals surface area contributed by atoms with Crippen LogP contribution in [0.25, 0.3) is 0 Å². The van der Waals surface area contributed by atoms with Gasteiger partial charge < -0.3 is 15.0 Å². The number of hydrogen-bond acceptors (Lipinski definition) is 5. The van der Waals surface area contributed by atoms with E-state index in [1.165, 1.54) is 9.88 Å². The summed E-state index contributed by atoms with van der Waals surface area (Å²) in [6.07, 6.45) is 1.23. The predicted octanol–water partition coefficient (Wildman–Crippen LogP) is 1.61. The van der Waals surface area contributed by atoms with E-state index in [1.807, 2.05) is 11.3 Å². The first-order valence-electron chi connectivity index (χ1n) is 7.06. The van der Waals surface area contributed by atoms with Gasteiger partial charge in [-0.3, -0.25) is 0 Å². The van der Waals surface area contributed by atoms with Gasteiger partial charge in [-0.2, -0.15) is 0 Å². The Kier molecular flexibility index (Phi) is 5.33. The Labute approximate surface area is 120 Å². The molecule has 0 saturated carbocycles. The molecule has 0 bridgehead atoms. The van der Waals surface area contributed by atoms with Crippen molar-refractivity contribution in [1.82, 2.24) is 15.2 Å². The Morgan fingerprint density at radius 1 is 1.53 bits per heavy atom. The zero-order chi connectivity index (χ0) is 13.8. The van der Waals surface area contributed by atoms with Crippen molar-refractivity contribution in [3.8, 4) is 0 Å². The zero-order valence-electron chi connectivity index (χ0n) is 12.4. The Morgan fingerprint density at radius 3 is 2.89 bits per heavy atom. The summed E-state index contributed by atoms with van der Waals surface area (Å²) >= 11 is 1.81. The number of nitrogens with zero attached hydrogens (tertiary/aromatic N) is 2. The van der Waals surface area contributed by atoms with Crippen molar-refractivity contribution < 1.29 is 4.74 Å². The molecule has 19 heavy (non-hydrogen) atoms. The summed E-state index contributed by atoms with van der Waals surface area (Å²) in [4.78, 5) is 8.33. The molecule has 1 saturated heterocycles. The fraction of sp³-hybridized carbons (Fsp3) is 0.786. The van der Waals surface area contributed by atoms with Gasteiger partial charge in [0.1, 0.15) is 0 Å². The normalized spacial score (nSPS) is 22.6. The van der Waals surface area contributed by atoms with Crippen molar-refractivity contribution in [2.45, 2.75) is 39.3 Å². The maximum Gasteiger partial charge on any atom is 0.0947 e. The molecule has 1 aromatic rings. The van der Waals surface area contributed by atoms with Crippen molar-refractivity contribution in [1.29, 1.82) is 0 Å². The summed E-state index contributed by atoms with van der Waals surface area (Å²) < 4.78 is 5.94. The SMILES string of the molecule is CCNC(Cc1nc(C)c(C)s1)C1CN(C)CCO1. The maximum atomic E-state index is 5.94. The summed E-state index contributed by atoms with van der Waals surface area (Å²) in [5.74, 6) is 0. The van der Waals surface area contributed by atoms with E-state index in [9.17, 15) is 0 Å². The number of ether oxygens (including phenoxy) is 1. The highest BCUT2D eigenvalue weighted by atomic mass is 32.1. The second-order valence-electron chi connectivity index (χ2n) is 5.29. The minimum atomic E-state index is 0.267. The molecule has 0 amide bonds. The van der Waals surface area contributed by atoms with E-state index in [0.717, 1.165) is 38.4 Å². The third kappa shape index (κ3) is 3.99. The van der Waals surface area contributed by atoms with Crippen molar-refractivity contribution >= 4 is 11.3 Å². The van der Waals surface area contributed by atoms with Crippen molar-refractivity contribution in [3.63, 3.8) is 0 Å². The van der Waals surface area contributed by atoms with E-state index in [0.29, 0.717) is 6.04 Å². The highest BCUT2D eigenvalue weighted by Gasteiger charge is 2.27. The zero-order valence-corrected chi connectivity index (χ0v) is 13.2. The monoisotopic (exact) mass is 283 g/mol. The first-order valence-corrected chi connectivity index (χ1v) is 7.88. The molecule has 4 nitrogen and oxygen atoms in total. The van der Waals surface area contributed by atoms with E-state index in [2.05, 4.69) is 43.0 Å². The number of hydrogen-bond donors (Lipinski definition) is 1. The Balaban J connectivity index is 2.02. The molecular formula is C14H25N3OS. The van der Waals surface area contributed by atoms with E-state index >= 15 is 0 Å². The summed E-state index contributed by atoms with van der Waals surface area (Å²) in [5, 5.41) is 4.79. The second-order valence-corrected chi connectivity index (χ2v) is 6.58. The van der Waals surface area contributed by atoms with E-state index in [4.69, 9.17) is 4.74 Å². The minimum absolute atomic E-state index is 0.267. The third-order valence-electron chi connectivity index (χ3n) is 3.68. The summed E-state index contributed by atoms with van der Waals surface area (Å²) in [7, 11) is 2.16. The number of aromatic nitrogens is 1. The molecule has 1 aliphatic rings. The first kappa shape index (κ1) is 14.9. The van der Waals surface area contributed by atoms with Crippen molar-refractivity contribution in [3.05, 3.63) is 15.6 Å². The van der Waals surface area contributed by atoms with Gasteiger partial charge in [0.2, 0.25) is 0 Å². The lowest BCUT2D eigenvalue weighted by Gasteiger charge is -2.35. The molecule has 5 heteroatoms. The van der Waals surface area contributed by atoms with Gasteiger partial charge in [-0.1, -0.05) is 6.92 Å². The highest BCUT2D eigenvalue weighted by Crippen LogP contribution is 2.20. The van der Waals surface area contributed by atoms with Crippen LogP contribution in [-0.2, 0) is 11.2 Å². The van der Waals surface area contributed by atoms with Gasteiger partial charge in [-0.05, 0) is 27.4 Å². The Morgan fingerprint density at radius 2 is 2.32 bits per heavy atom. The standard InChI is InChI=1S/C14H25N3OS/c1-5-15-12(13-9-17(4)6-7-18-13)8-14-16-10(2)11(3)19-14/h12-13,15H,5-9H2,1-4H3. The molecule has 1 fully saturated rings. The van der Waals surface area contributed by atoms with Crippen LogP contribution in [0.4, 0.5) is 0 Å². The molecule has 108 valence electrons. The molecule has 0 spiro atoms. The van der Waals surface area contributed by atoms with Gasteiger partial charge in [0, 0.05) is 30.4 Å². The molecule has 0 radical (unpaired) electrons. The fourth-order valence-electron chi connectivity index (χ4n) is 2.47. The predicted molar refractivity (Wildman–Crippen MR) is 80.0 cm³/mol. The lowest BCUT2D eigenvalue weighted by atomic mass is 10.1. The second kappa shape index (κ2) is 6.79. The molecule has 1 aromatic heterocycles. The average molecular weight is 283 g/mol. The van der Waals surface area contributed by atoms with Crippen LogP contribution in [0.15, 0.2) is 0 Å². The number of aryl methyl sites for hydroxylation is 2. The quantitative estimate of drug-likeness (QED) is 0.891. The number of thiazole rings is 1. The molecule has 2 unspecified atom stereocenters. The van der Waals surface area contributed by atoms with E-state index in [-0.39, 0.29) is 6.10 Å². The topological polar surface area (TPSA) is 37.4 Å². The van der Waals surface area contributed by atoms with Gasteiger partial charge in [0.15, 0.2) is 0 Å². The third-order valence-corrected chi connectivity index (χ3v) is 4.77. The molecule has 0 aliphatic carbocycles. The van der Waals surface area contributed by atoms with Crippen LogP contribution in [0.3, 0.4) is 0 Å². The fourth-order valence-corrected chi connectivity index (χ4v) is 3.46. The lowest BCUT2D eigenvalue weighted by molar-refractivity contribution is -0.0381. The minimum Gasteiger partial charge on any atom is -0.374 e. The van der Waals surface area contributed by atoms with Crippen LogP contribution in [-0.4, -0.2) is 55.3 Å².